The van der Waals surface area contributed by atoms with Gasteiger partial charge in [0.05, 0.1) is 18.6 Å². The van der Waals surface area contributed by atoms with Crippen LogP contribution in [0.25, 0.3) is 0 Å². The van der Waals surface area contributed by atoms with Gasteiger partial charge in [-0.25, -0.2) is 4.79 Å². The minimum Gasteiger partial charge on any atom is -0.444 e. The van der Waals surface area contributed by atoms with Crippen LogP contribution in [0.4, 0.5) is 4.79 Å². The zero-order valence-electron chi connectivity index (χ0n) is 16.4. The lowest BCUT2D eigenvalue weighted by atomic mass is 10.2. The molecule has 1 aromatic carbocycles. The number of piperazine rings is 1. The average Bonchev–Trinajstić information content (AvgIpc) is 2.60. The fourth-order valence-corrected chi connectivity index (χ4v) is 3.60. The van der Waals surface area contributed by atoms with Gasteiger partial charge in [0, 0.05) is 43.4 Å². The van der Waals surface area contributed by atoms with Crippen molar-refractivity contribution in [2.75, 3.05) is 38.5 Å². The molecule has 1 fully saturated rings. The molecule has 27 heavy (non-hydrogen) atoms. The smallest absolute Gasteiger partial charge is 0.410 e. The molecule has 6 nitrogen and oxygen atoms in total. The van der Waals surface area contributed by atoms with Crippen LogP contribution in [-0.2, 0) is 11.2 Å². The largest absolute Gasteiger partial charge is 0.444 e. The fraction of sp³-hybridized carbons (Fsp3) is 0.600. The molecule has 0 bridgehead atoms. The van der Waals surface area contributed by atoms with Crippen molar-refractivity contribution in [3.8, 4) is 6.07 Å². The van der Waals surface area contributed by atoms with Gasteiger partial charge in [-0.3, -0.25) is 4.90 Å². The Morgan fingerprint density at radius 2 is 1.89 bits per heavy atom. The minimum absolute atomic E-state index is 0.266. The van der Waals surface area contributed by atoms with E-state index in [0.717, 1.165) is 23.5 Å². The van der Waals surface area contributed by atoms with Gasteiger partial charge >= 0.3 is 6.09 Å². The Balaban J connectivity index is 1.69. The first kappa shape index (κ1) is 21.5. The molecular weight excluding hydrogens is 362 g/mol. The van der Waals surface area contributed by atoms with Gasteiger partial charge in [-0.1, -0.05) is 12.1 Å². The first-order chi connectivity index (χ1) is 12.8. The van der Waals surface area contributed by atoms with Crippen molar-refractivity contribution < 1.29 is 14.6 Å². The predicted octanol–water partition coefficient (Wildman–Crippen LogP) is 2.76. The summed E-state index contributed by atoms with van der Waals surface area (Å²) >= 11 is 1.61. The van der Waals surface area contributed by atoms with Crippen LogP contribution in [0.15, 0.2) is 29.2 Å². The molecule has 0 aromatic heterocycles. The summed E-state index contributed by atoms with van der Waals surface area (Å²) in [6, 6.07) is 10.0. The van der Waals surface area contributed by atoms with Crippen molar-refractivity contribution in [1.29, 1.82) is 5.26 Å². The summed E-state index contributed by atoms with van der Waals surface area (Å²) in [7, 11) is 0. The van der Waals surface area contributed by atoms with Gasteiger partial charge in [0.2, 0.25) is 0 Å². The van der Waals surface area contributed by atoms with Gasteiger partial charge in [-0.2, -0.15) is 5.26 Å². The highest BCUT2D eigenvalue weighted by atomic mass is 32.2. The topological polar surface area (TPSA) is 76.8 Å². The maximum atomic E-state index is 12.1. The summed E-state index contributed by atoms with van der Waals surface area (Å²) in [6.45, 7) is 8.92. The Hall–Kier alpha value is -1.75. The van der Waals surface area contributed by atoms with Crippen molar-refractivity contribution in [2.24, 2.45) is 0 Å². The number of nitrogens with zero attached hydrogens (tertiary/aromatic N) is 3. The van der Waals surface area contributed by atoms with Gasteiger partial charge in [0.25, 0.3) is 0 Å². The maximum Gasteiger partial charge on any atom is 0.410 e. The third-order valence-corrected chi connectivity index (χ3v) is 5.30. The third-order valence-electron chi connectivity index (χ3n) is 4.14. The summed E-state index contributed by atoms with van der Waals surface area (Å²) in [6.07, 6.45) is -0.275. The number of amides is 1. The summed E-state index contributed by atoms with van der Waals surface area (Å²) in [5.41, 5.74) is 0.527. The normalized spacial score (nSPS) is 16.6. The third kappa shape index (κ3) is 7.79. The summed E-state index contributed by atoms with van der Waals surface area (Å²) < 4.78 is 5.40. The van der Waals surface area contributed by atoms with Gasteiger partial charge in [0.1, 0.15) is 5.60 Å². The van der Waals surface area contributed by atoms with Crippen LogP contribution in [0.3, 0.4) is 0 Å². The van der Waals surface area contributed by atoms with Crippen LogP contribution in [0.2, 0.25) is 0 Å². The second kappa shape index (κ2) is 9.98. The zero-order chi connectivity index (χ0) is 19.9. The average molecular weight is 392 g/mol. The van der Waals surface area contributed by atoms with Crippen molar-refractivity contribution in [3.63, 3.8) is 0 Å². The highest BCUT2D eigenvalue weighted by Gasteiger charge is 2.26. The standard InChI is InChI=1S/C20H29N3O3S/c1-20(2,3)26-19(25)23-12-10-22(11-13-23)14-17(24)15-27-18-6-4-16(5-7-18)8-9-21/h4-7,17,24H,8,10-15H2,1-3H3. The summed E-state index contributed by atoms with van der Waals surface area (Å²) in [4.78, 5) is 17.1. The van der Waals surface area contributed by atoms with E-state index in [1.54, 1.807) is 16.7 Å². The molecule has 1 aromatic rings. The van der Waals surface area contributed by atoms with Crippen molar-refractivity contribution in [3.05, 3.63) is 29.8 Å². The number of thioether (sulfide) groups is 1. The van der Waals surface area contributed by atoms with E-state index in [0.29, 0.717) is 31.8 Å². The van der Waals surface area contributed by atoms with Crippen molar-refractivity contribution in [1.82, 2.24) is 9.80 Å². The lowest BCUT2D eigenvalue weighted by molar-refractivity contribution is 0.0112. The monoisotopic (exact) mass is 391 g/mol. The Morgan fingerprint density at radius 1 is 1.26 bits per heavy atom. The van der Waals surface area contributed by atoms with Crippen LogP contribution in [0.1, 0.15) is 26.3 Å². The van der Waals surface area contributed by atoms with Crippen molar-refractivity contribution in [2.45, 2.75) is 43.8 Å². The summed E-state index contributed by atoms with van der Waals surface area (Å²) in [5.74, 6) is 0.615. The molecule has 1 amide bonds. The minimum atomic E-state index is -0.478. The van der Waals surface area contributed by atoms with E-state index in [9.17, 15) is 9.90 Å². The van der Waals surface area contributed by atoms with Gasteiger partial charge in [-0.05, 0) is 38.5 Å². The molecule has 0 aliphatic carbocycles. The van der Waals surface area contributed by atoms with E-state index in [-0.39, 0.29) is 6.09 Å². The second-order valence-corrected chi connectivity index (χ2v) is 8.81. The number of β-amino-alcohol motifs (C(OH)–C–C–N with tert-alkyl or cyclic N) is 1. The Bertz CT molecular complexity index is 644. The first-order valence-corrected chi connectivity index (χ1v) is 10.2. The fourth-order valence-electron chi connectivity index (χ4n) is 2.78. The molecule has 1 aliphatic rings. The number of hydrogen-bond donors (Lipinski definition) is 1. The molecule has 0 radical (unpaired) electrons. The number of nitriles is 1. The number of rotatable bonds is 6. The van der Waals surface area contributed by atoms with Gasteiger partial charge in [-0.15, -0.1) is 11.8 Å². The van der Waals surface area contributed by atoms with Crippen LogP contribution < -0.4 is 0 Å². The number of aliphatic hydroxyl groups excluding tert-OH is 1. The number of carbonyl (C=O) groups excluding carboxylic acids is 1. The maximum absolute atomic E-state index is 12.1. The lowest BCUT2D eigenvalue weighted by Gasteiger charge is -2.36. The SMILES string of the molecule is CC(C)(C)OC(=O)N1CCN(CC(O)CSc2ccc(CC#N)cc2)CC1. The predicted molar refractivity (Wildman–Crippen MR) is 107 cm³/mol. The molecule has 148 valence electrons. The second-order valence-electron chi connectivity index (χ2n) is 7.71. The first-order valence-electron chi connectivity index (χ1n) is 9.24. The quantitative estimate of drug-likeness (QED) is 0.752. The molecular formula is C20H29N3O3S. The summed E-state index contributed by atoms with van der Waals surface area (Å²) in [5, 5.41) is 19.0. The highest BCUT2D eigenvalue weighted by Crippen LogP contribution is 2.20. The number of aliphatic hydroxyl groups is 1. The van der Waals surface area contributed by atoms with E-state index in [1.165, 1.54) is 0 Å². The number of ether oxygens (including phenoxy) is 1. The molecule has 1 heterocycles. The molecule has 0 spiro atoms. The van der Waals surface area contributed by atoms with Gasteiger partial charge in [0.15, 0.2) is 0 Å². The molecule has 0 saturated carbocycles. The molecule has 1 unspecified atom stereocenters. The van der Waals surface area contributed by atoms with E-state index in [2.05, 4.69) is 11.0 Å². The van der Waals surface area contributed by atoms with Crippen LogP contribution >= 0.6 is 11.8 Å². The lowest BCUT2D eigenvalue weighted by Crippen LogP contribution is -2.51. The number of carbonyl (C=O) groups is 1. The highest BCUT2D eigenvalue weighted by molar-refractivity contribution is 7.99. The molecule has 7 heteroatoms. The van der Waals surface area contributed by atoms with Crippen LogP contribution in [0.5, 0.6) is 0 Å². The van der Waals surface area contributed by atoms with E-state index >= 15 is 0 Å². The molecule has 1 saturated heterocycles. The van der Waals surface area contributed by atoms with E-state index in [4.69, 9.17) is 10.00 Å². The van der Waals surface area contributed by atoms with Gasteiger partial charge < -0.3 is 14.7 Å². The van der Waals surface area contributed by atoms with Crippen LogP contribution in [0, 0.1) is 11.3 Å². The molecule has 2 rings (SSSR count). The Labute approximate surface area is 166 Å². The molecule has 1 N–H and O–H groups in total. The van der Waals surface area contributed by atoms with Crippen molar-refractivity contribution >= 4 is 17.9 Å². The van der Waals surface area contributed by atoms with E-state index in [1.807, 2.05) is 45.0 Å². The zero-order valence-corrected chi connectivity index (χ0v) is 17.2. The van der Waals surface area contributed by atoms with E-state index < -0.39 is 11.7 Å². The molecule has 1 aliphatic heterocycles. The number of benzene rings is 1. The number of hydrogen-bond acceptors (Lipinski definition) is 6. The Morgan fingerprint density at radius 3 is 2.44 bits per heavy atom. The Kier molecular flexibility index (Phi) is 7.96. The molecule has 1 atom stereocenters. The van der Waals surface area contributed by atoms with Crippen LogP contribution in [-0.4, -0.2) is 71.2 Å².